The Morgan fingerprint density at radius 2 is 1.82 bits per heavy atom. The zero-order chi connectivity index (χ0) is 24.3. The van der Waals surface area contributed by atoms with Crippen molar-refractivity contribution in [2.45, 2.75) is 6.18 Å². The smallest absolute Gasteiger partial charge is 0.452 e. The predicted molar refractivity (Wildman–Crippen MR) is 113 cm³/mol. The van der Waals surface area contributed by atoms with Crippen LogP contribution in [-0.2, 0) is 10.9 Å². The summed E-state index contributed by atoms with van der Waals surface area (Å²) in [5.74, 6) is -2.87. The molecular weight excluding hydrogens is 457 g/mol. The third-order valence-corrected chi connectivity index (χ3v) is 5.18. The molecule has 2 aromatic rings. The second-order valence-electron chi connectivity index (χ2n) is 7.40. The number of alkyl halides is 3. The summed E-state index contributed by atoms with van der Waals surface area (Å²) < 4.78 is 50.2. The number of amides is 2. The number of hydrogen-bond donors (Lipinski definition) is 1. The van der Waals surface area contributed by atoms with Gasteiger partial charge in [-0.1, -0.05) is 18.2 Å². The summed E-state index contributed by atoms with van der Waals surface area (Å²) in [6, 6.07) is 8.00. The van der Waals surface area contributed by atoms with Crippen LogP contribution in [0.15, 0.2) is 51.6 Å². The summed E-state index contributed by atoms with van der Waals surface area (Å²) in [6.07, 6.45) is -2.41. The van der Waals surface area contributed by atoms with Crippen molar-refractivity contribution < 1.29 is 31.9 Å². The lowest BCUT2D eigenvalue weighted by molar-refractivity contribution is -0.153. The second kappa shape index (κ2) is 9.55. The van der Waals surface area contributed by atoms with Crippen LogP contribution < -0.4 is 5.32 Å². The van der Waals surface area contributed by atoms with Crippen LogP contribution in [0.4, 0.5) is 18.0 Å². The maximum absolute atomic E-state index is 13.5. The van der Waals surface area contributed by atoms with Crippen LogP contribution in [0.5, 0.6) is 0 Å². The van der Waals surface area contributed by atoms with E-state index in [9.17, 15) is 22.8 Å². The van der Waals surface area contributed by atoms with E-state index in [2.05, 4.69) is 15.3 Å². The molecule has 1 aromatic heterocycles. The number of allylic oxidation sites excluding steroid dienone is 1. The average Bonchev–Trinajstić information content (AvgIpc) is 3.31. The molecule has 0 spiro atoms. The van der Waals surface area contributed by atoms with Crippen molar-refractivity contribution in [3.05, 3.63) is 53.7 Å². The molecule has 180 valence electrons. The van der Waals surface area contributed by atoms with Gasteiger partial charge in [0.1, 0.15) is 6.67 Å². The van der Waals surface area contributed by atoms with E-state index < -0.39 is 29.6 Å². The van der Waals surface area contributed by atoms with Crippen LogP contribution in [0.1, 0.15) is 16.2 Å². The first kappa shape index (κ1) is 23.3. The molecule has 2 amide bonds. The van der Waals surface area contributed by atoms with Crippen molar-refractivity contribution in [1.29, 1.82) is 0 Å². The Labute approximate surface area is 192 Å². The number of methoxy groups -OCH3 is 1. The van der Waals surface area contributed by atoms with Crippen molar-refractivity contribution in [3.63, 3.8) is 0 Å². The number of hydrazine groups is 1. The highest BCUT2D eigenvalue weighted by molar-refractivity contribution is 5.98. The Kier molecular flexibility index (Phi) is 6.54. The van der Waals surface area contributed by atoms with Crippen LogP contribution in [0, 0.1) is 0 Å². The topological polar surface area (TPSA) is 104 Å². The Hall–Kier alpha value is -3.87. The Bertz CT molecular complexity index is 1110. The third kappa shape index (κ3) is 5.03. The van der Waals surface area contributed by atoms with E-state index in [1.165, 1.54) is 25.5 Å². The lowest BCUT2D eigenvalue weighted by Gasteiger charge is -2.40. The van der Waals surface area contributed by atoms with Gasteiger partial charge in [0.05, 0.1) is 12.8 Å². The van der Waals surface area contributed by atoms with Gasteiger partial charge in [0.2, 0.25) is 11.7 Å². The fraction of sp³-hybridized carbons (Fsp3) is 0.333. The van der Waals surface area contributed by atoms with Gasteiger partial charge in [-0.05, 0) is 12.1 Å². The number of halogens is 3. The standard InChI is InChI=1S/C21H21F3N6O4/c1-33-20(32)28-7-9-29(10-8-28)30-12-15(11-25-13-30)26-18(31)16-17(21(22,23)24)34-19(27-16)14-5-3-2-4-6-14/h2-6,11-12H,7-10,13H2,1H3,(H,26,31). The van der Waals surface area contributed by atoms with Gasteiger partial charge in [0, 0.05) is 44.2 Å². The highest BCUT2D eigenvalue weighted by Crippen LogP contribution is 2.35. The fourth-order valence-corrected chi connectivity index (χ4v) is 3.52. The number of nitrogens with one attached hydrogen (secondary N) is 1. The van der Waals surface area contributed by atoms with E-state index in [4.69, 9.17) is 9.15 Å². The summed E-state index contributed by atoms with van der Waals surface area (Å²) >= 11 is 0. The molecule has 2 aliphatic heterocycles. The van der Waals surface area contributed by atoms with E-state index in [0.717, 1.165) is 0 Å². The number of aliphatic imine (C=N–C) groups is 1. The monoisotopic (exact) mass is 478 g/mol. The van der Waals surface area contributed by atoms with Gasteiger partial charge in [0.15, 0.2) is 5.69 Å². The molecule has 0 saturated carbocycles. The van der Waals surface area contributed by atoms with Gasteiger partial charge in [-0.3, -0.25) is 14.8 Å². The highest BCUT2D eigenvalue weighted by Gasteiger charge is 2.42. The number of rotatable bonds is 4. The first-order valence-electron chi connectivity index (χ1n) is 10.3. The minimum absolute atomic E-state index is 0.184. The maximum atomic E-state index is 13.5. The second-order valence-corrected chi connectivity index (χ2v) is 7.40. The molecule has 1 fully saturated rings. The zero-order valence-electron chi connectivity index (χ0n) is 18.1. The number of piperazine rings is 1. The van der Waals surface area contributed by atoms with Gasteiger partial charge in [0.25, 0.3) is 5.91 Å². The normalized spacial score (nSPS) is 16.9. The van der Waals surface area contributed by atoms with E-state index in [1.54, 1.807) is 34.3 Å². The molecule has 3 heterocycles. The van der Waals surface area contributed by atoms with Crippen LogP contribution in [0.2, 0.25) is 0 Å². The molecule has 34 heavy (non-hydrogen) atoms. The van der Waals surface area contributed by atoms with Gasteiger partial charge < -0.3 is 19.4 Å². The number of oxazole rings is 1. The van der Waals surface area contributed by atoms with Crippen molar-refractivity contribution >= 4 is 18.2 Å². The van der Waals surface area contributed by atoms with Crippen molar-refractivity contribution in [2.75, 3.05) is 40.0 Å². The number of hydrogen-bond acceptors (Lipinski definition) is 8. The van der Waals surface area contributed by atoms with E-state index in [0.29, 0.717) is 31.7 Å². The van der Waals surface area contributed by atoms with E-state index in [1.807, 2.05) is 5.01 Å². The largest absolute Gasteiger partial charge is 0.453 e. The molecule has 4 rings (SSSR count). The minimum Gasteiger partial charge on any atom is -0.453 e. The molecule has 0 radical (unpaired) electrons. The van der Waals surface area contributed by atoms with E-state index >= 15 is 0 Å². The third-order valence-electron chi connectivity index (χ3n) is 5.18. The van der Waals surface area contributed by atoms with Gasteiger partial charge >= 0.3 is 12.3 Å². The fourth-order valence-electron chi connectivity index (χ4n) is 3.52. The number of benzene rings is 1. The van der Waals surface area contributed by atoms with Crippen molar-refractivity contribution in [1.82, 2.24) is 25.2 Å². The summed E-state index contributed by atoms with van der Waals surface area (Å²) in [5.41, 5.74) is -0.378. The zero-order valence-corrected chi connectivity index (χ0v) is 18.1. The van der Waals surface area contributed by atoms with Crippen LogP contribution in [-0.4, -0.2) is 78.1 Å². The summed E-state index contributed by atoms with van der Waals surface area (Å²) in [7, 11) is 1.31. The van der Waals surface area contributed by atoms with E-state index in [-0.39, 0.29) is 18.3 Å². The molecule has 2 aliphatic rings. The molecular formula is C21H21F3N6O4. The number of aromatic nitrogens is 1. The number of nitrogens with zero attached hydrogens (tertiary/aromatic N) is 5. The minimum atomic E-state index is -4.91. The van der Waals surface area contributed by atoms with Crippen molar-refractivity contribution in [3.8, 4) is 11.5 Å². The first-order valence-corrected chi connectivity index (χ1v) is 10.3. The molecule has 1 aromatic carbocycles. The first-order chi connectivity index (χ1) is 16.3. The number of carbonyl (C=O) groups excluding carboxylic acids is 2. The summed E-state index contributed by atoms with van der Waals surface area (Å²) in [6.45, 7) is 2.10. The van der Waals surface area contributed by atoms with Crippen LogP contribution >= 0.6 is 0 Å². The quantitative estimate of drug-likeness (QED) is 0.721. The number of ether oxygens (including phenoxy) is 1. The molecule has 0 atom stereocenters. The van der Waals surface area contributed by atoms with Gasteiger partial charge in [-0.2, -0.15) is 13.2 Å². The summed E-state index contributed by atoms with van der Waals surface area (Å²) in [5, 5.41) is 6.04. The summed E-state index contributed by atoms with van der Waals surface area (Å²) in [4.78, 5) is 33.9. The molecule has 10 nitrogen and oxygen atoms in total. The SMILES string of the molecule is COC(=O)N1CCN(N2C=C(NC(=O)c3nc(-c4ccccc4)oc3C(F)(F)F)C=NC2)CC1. The van der Waals surface area contributed by atoms with Gasteiger partial charge in [-0.15, -0.1) is 0 Å². The molecule has 0 bridgehead atoms. The van der Waals surface area contributed by atoms with Crippen molar-refractivity contribution in [2.24, 2.45) is 4.99 Å². The molecule has 1 saturated heterocycles. The maximum Gasteiger partial charge on any atom is 0.452 e. The van der Waals surface area contributed by atoms with Gasteiger partial charge in [-0.25, -0.2) is 14.8 Å². The average molecular weight is 478 g/mol. The number of carbonyl (C=O) groups is 2. The molecule has 0 aliphatic carbocycles. The van der Waals surface area contributed by atoms with Crippen LogP contribution in [0.25, 0.3) is 11.5 Å². The predicted octanol–water partition coefficient (Wildman–Crippen LogP) is 2.57. The highest BCUT2D eigenvalue weighted by atomic mass is 19.4. The lowest BCUT2D eigenvalue weighted by Crippen LogP contribution is -2.54. The Balaban J connectivity index is 1.49. The molecule has 1 N–H and O–H groups in total. The Morgan fingerprint density at radius 1 is 1.12 bits per heavy atom. The van der Waals surface area contributed by atoms with Crippen LogP contribution in [0.3, 0.4) is 0 Å². The Morgan fingerprint density at radius 3 is 2.47 bits per heavy atom. The molecule has 0 unspecified atom stereocenters. The molecule has 13 heteroatoms. The lowest BCUT2D eigenvalue weighted by atomic mass is 10.2.